The van der Waals surface area contributed by atoms with Crippen LogP contribution in [0.3, 0.4) is 0 Å². The highest BCUT2D eigenvalue weighted by Gasteiger charge is 2.15. The van der Waals surface area contributed by atoms with Crippen LogP contribution in [0.15, 0.2) is 18.2 Å². The number of ether oxygens (including phenoxy) is 1. The number of carbonyl (C=O) groups excluding carboxylic acids is 1. The third kappa shape index (κ3) is 5.56. The van der Waals surface area contributed by atoms with Gasteiger partial charge in [-0.25, -0.2) is 0 Å². The molecule has 1 aromatic rings. The van der Waals surface area contributed by atoms with Crippen LogP contribution in [-0.2, 0) is 4.79 Å². The van der Waals surface area contributed by atoms with Crippen LogP contribution < -0.4 is 15.4 Å². The number of hydrogen-bond acceptors (Lipinski definition) is 3. The molecule has 4 nitrogen and oxygen atoms in total. The van der Waals surface area contributed by atoms with Crippen LogP contribution in [0.25, 0.3) is 0 Å². The predicted octanol–water partition coefficient (Wildman–Crippen LogP) is 2.36. The lowest BCUT2D eigenvalue weighted by atomic mass is 10.1. The molecule has 0 spiro atoms. The highest BCUT2D eigenvalue weighted by molar-refractivity contribution is 5.85. The Morgan fingerprint density at radius 1 is 1.43 bits per heavy atom. The third-order valence-electron chi connectivity index (χ3n) is 3.80. The molecular formula is C16H25ClN2O2. The number of amides is 1. The van der Waals surface area contributed by atoms with Gasteiger partial charge >= 0.3 is 0 Å². The summed E-state index contributed by atoms with van der Waals surface area (Å²) in [5.74, 6) is 0.945. The molecule has 1 aromatic carbocycles. The second-order valence-electron chi connectivity index (χ2n) is 5.41. The van der Waals surface area contributed by atoms with Crippen LogP contribution >= 0.6 is 12.4 Å². The van der Waals surface area contributed by atoms with E-state index in [1.54, 1.807) is 0 Å². The second kappa shape index (κ2) is 8.90. The summed E-state index contributed by atoms with van der Waals surface area (Å²) in [5.41, 5.74) is 2.35. The minimum absolute atomic E-state index is 0. The maximum atomic E-state index is 11.8. The van der Waals surface area contributed by atoms with Crippen molar-refractivity contribution in [2.24, 2.45) is 0 Å². The average Bonchev–Trinajstić information content (AvgIpc) is 2.44. The SMILES string of the molecule is Cc1cccc(OCCC(=O)NC2CCCNC2)c1C.Cl. The number of rotatable bonds is 5. The van der Waals surface area contributed by atoms with Crippen molar-refractivity contribution in [3.63, 3.8) is 0 Å². The summed E-state index contributed by atoms with van der Waals surface area (Å²) in [7, 11) is 0. The summed E-state index contributed by atoms with van der Waals surface area (Å²) < 4.78 is 5.70. The molecule has 1 aliphatic heterocycles. The van der Waals surface area contributed by atoms with Crippen molar-refractivity contribution in [2.75, 3.05) is 19.7 Å². The third-order valence-corrected chi connectivity index (χ3v) is 3.80. The van der Waals surface area contributed by atoms with Crippen molar-refractivity contribution < 1.29 is 9.53 Å². The second-order valence-corrected chi connectivity index (χ2v) is 5.41. The topological polar surface area (TPSA) is 50.4 Å². The van der Waals surface area contributed by atoms with E-state index < -0.39 is 0 Å². The van der Waals surface area contributed by atoms with Gasteiger partial charge in [-0.2, -0.15) is 0 Å². The summed E-state index contributed by atoms with van der Waals surface area (Å²) in [4.78, 5) is 11.8. The highest BCUT2D eigenvalue weighted by Crippen LogP contribution is 2.20. The fourth-order valence-electron chi connectivity index (χ4n) is 2.41. The summed E-state index contributed by atoms with van der Waals surface area (Å²) >= 11 is 0. The standard InChI is InChI=1S/C16H24N2O2.ClH/c1-12-5-3-7-15(13(12)2)20-10-8-16(19)18-14-6-4-9-17-11-14;/h3,5,7,14,17H,4,6,8-11H2,1-2H3,(H,18,19);1H. The number of nitrogens with one attached hydrogen (secondary N) is 2. The molecule has 0 bridgehead atoms. The zero-order chi connectivity index (χ0) is 14.4. The number of aryl methyl sites for hydroxylation is 1. The minimum Gasteiger partial charge on any atom is -0.493 e. The molecule has 2 N–H and O–H groups in total. The first-order valence-electron chi connectivity index (χ1n) is 7.36. The normalized spacial score (nSPS) is 17.7. The van der Waals surface area contributed by atoms with E-state index in [4.69, 9.17) is 4.74 Å². The van der Waals surface area contributed by atoms with Crippen LogP contribution in [0, 0.1) is 13.8 Å². The van der Waals surface area contributed by atoms with Crippen LogP contribution in [0.5, 0.6) is 5.75 Å². The molecule has 21 heavy (non-hydrogen) atoms. The molecule has 1 atom stereocenters. The molecule has 1 amide bonds. The highest BCUT2D eigenvalue weighted by atomic mass is 35.5. The van der Waals surface area contributed by atoms with Gasteiger partial charge in [-0.3, -0.25) is 4.79 Å². The zero-order valence-electron chi connectivity index (χ0n) is 12.8. The largest absolute Gasteiger partial charge is 0.493 e. The molecule has 118 valence electrons. The van der Waals surface area contributed by atoms with E-state index in [0.29, 0.717) is 13.0 Å². The number of carbonyl (C=O) groups is 1. The first-order valence-corrected chi connectivity index (χ1v) is 7.36. The maximum Gasteiger partial charge on any atom is 0.223 e. The van der Waals surface area contributed by atoms with Gasteiger partial charge in [0.15, 0.2) is 0 Å². The number of benzene rings is 1. The molecule has 1 fully saturated rings. The predicted molar refractivity (Wildman–Crippen MR) is 87.3 cm³/mol. The van der Waals surface area contributed by atoms with E-state index in [-0.39, 0.29) is 24.4 Å². The lowest BCUT2D eigenvalue weighted by Crippen LogP contribution is -2.45. The lowest BCUT2D eigenvalue weighted by Gasteiger charge is -2.23. The van der Waals surface area contributed by atoms with E-state index in [2.05, 4.69) is 23.6 Å². The molecule has 1 aliphatic rings. The fraction of sp³-hybridized carbons (Fsp3) is 0.562. The Morgan fingerprint density at radius 3 is 2.95 bits per heavy atom. The molecular weight excluding hydrogens is 288 g/mol. The molecule has 1 heterocycles. The lowest BCUT2D eigenvalue weighted by molar-refractivity contribution is -0.122. The summed E-state index contributed by atoms with van der Waals surface area (Å²) in [6.45, 7) is 6.46. The molecule has 0 aromatic heterocycles. The van der Waals surface area contributed by atoms with E-state index >= 15 is 0 Å². The van der Waals surface area contributed by atoms with Gasteiger partial charge in [0.25, 0.3) is 0 Å². The van der Waals surface area contributed by atoms with Crippen molar-refractivity contribution in [2.45, 2.75) is 39.2 Å². The molecule has 2 rings (SSSR count). The van der Waals surface area contributed by atoms with Crippen LogP contribution in [0.4, 0.5) is 0 Å². The van der Waals surface area contributed by atoms with Crippen LogP contribution in [0.2, 0.25) is 0 Å². The fourth-order valence-corrected chi connectivity index (χ4v) is 2.41. The summed E-state index contributed by atoms with van der Waals surface area (Å²) in [5, 5.41) is 6.34. The Morgan fingerprint density at radius 2 is 2.24 bits per heavy atom. The van der Waals surface area contributed by atoms with Gasteiger partial charge in [0.2, 0.25) is 5.91 Å². The van der Waals surface area contributed by atoms with Gasteiger partial charge in [-0.15, -0.1) is 12.4 Å². The van der Waals surface area contributed by atoms with E-state index in [1.807, 2.05) is 19.1 Å². The first kappa shape index (κ1) is 17.8. The van der Waals surface area contributed by atoms with Gasteiger partial charge in [0.1, 0.15) is 5.75 Å². The van der Waals surface area contributed by atoms with Gasteiger partial charge in [-0.1, -0.05) is 12.1 Å². The van der Waals surface area contributed by atoms with Gasteiger partial charge in [-0.05, 0) is 50.4 Å². The monoisotopic (exact) mass is 312 g/mol. The molecule has 0 radical (unpaired) electrons. The van der Waals surface area contributed by atoms with Gasteiger partial charge in [0, 0.05) is 12.6 Å². The minimum atomic E-state index is 0. The Balaban J connectivity index is 0.00000220. The van der Waals surface area contributed by atoms with E-state index in [1.165, 1.54) is 5.56 Å². The van der Waals surface area contributed by atoms with Gasteiger partial charge < -0.3 is 15.4 Å². The zero-order valence-corrected chi connectivity index (χ0v) is 13.6. The average molecular weight is 313 g/mol. The Bertz CT molecular complexity index is 460. The van der Waals surface area contributed by atoms with Gasteiger partial charge in [0.05, 0.1) is 13.0 Å². The quantitative estimate of drug-likeness (QED) is 0.877. The number of piperidine rings is 1. The molecule has 0 saturated carbocycles. The molecule has 1 unspecified atom stereocenters. The molecule has 5 heteroatoms. The molecule has 0 aliphatic carbocycles. The number of halogens is 1. The van der Waals surface area contributed by atoms with Crippen molar-refractivity contribution in [3.05, 3.63) is 29.3 Å². The molecule has 1 saturated heterocycles. The smallest absolute Gasteiger partial charge is 0.223 e. The Kier molecular flexibility index (Phi) is 7.54. The first-order chi connectivity index (χ1) is 9.66. The van der Waals surface area contributed by atoms with Crippen LogP contribution in [0.1, 0.15) is 30.4 Å². The van der Waals surface area contributed by atoms with Crippen molar-refractivity contribution in [3.8, 4) is 5.75 Å². The van der Waals surface area contributed by atoms with Crippen molar-refractivity contribution in [1.29, 1.82) is 0 Å². The van der Waals surface area contributed by atoms with E-state index in [0.717, 1.165) is 37.2 Å². The Hall–Kier alpha value is -1.26. The summed E-state index contributed by atoms with van der Waals surface area (Å²) in [6.07, 6.45) is 2.60. The summed E-state index contributed by atoms with van der Waals surface area (Å²) in [6, 6.07) is 6.26. The van der Waals surface area contributed by atoms with Crippen LogP contribution in [-0.4, -0.2) is 31.6 Å². The van der Waals surface area contributed by atoms with Crippen molar-refractivity contribution >= 4 is 18.3 Å². The Labute approximate surface area is 133 Å². The van der Waals surface area contributed by atoms with E-state index in [9.17, 15) is 4.79 Å². The number of hydrogen-bond donors (Lipinski definition) is 2. The van der Waals surface area contributed by atoms with Crippen molar-refractivity contribution in [1.82, 2.24) is 10.6 Å². The maximum absolute atomic E-state index is 11.8.